The summed E-state index contributed by atoms with van der Waals surface area (Å²) in [6, 6.07) is 8.07. The molecule has 26 heavy (non-hydrogen) atoms. The molecule has 2 N–H and O–H groups in total. The molecule has 2 atom stereocenters. The van der Waals surface area contributed by atoms with Gasteiger partial charge in [0.2, 0.25) is 5.91 Å². The Bertz CT molecular complexity index is 797. The molecular weight excluding hydrogens is 348 g/mol. The molecule has 7 heteroatoms. The van der Waals surface area contributed by atoms with Crippen molar-refractivity contribution in [3.63, 3.8) is 0 Å². The maximum Gasteiger partial charge on any atom is 0.240 e. The normalized spacial score (nSPS) is 20.5. The van der Waals surface area contributed by atoms with Crippen LogP contribution in [0.5, 0.6) is 0 Å². The van der Waals surface area contributed by atoms with Gasteiger partial charge in [-0.15, -0.1) is 0 Å². The lowest BCUT2D eigenvalue weighted by Crippen LogP contribution is -2.44. The topological polar surface area (TPSA) is 71.9 Å². The second-order valence-corrected chi connectivity index (χ2v) is 7.28. The number of aromatic amines is 1. The van der Waals surface area contributed by atoms with Crippen molar-refractivity contribution in [3.8, 4) is 11.4 Å². The smallest absolute Gasteiger partial charge is 0.240 e. The first-order valence-corrected chi connectivity index (χ1v) is 9.53. The van der Waals surface area contributed by atoms with E-state index in [-0.39, 0.29) is 24.6 Å². The Morgan fingerprint density at radius 1 is 1.31 bits per heavy atom. The van der Waals surface area contributed by atoms with Crippen molar-refractivity contribution < 1.29 is 9.53 Å². The van der Waals surface area contributed by atoms with Crippen LogP contribution in [0.3, 0.4) is 0 Å². The fourth-order valence-corrected chi connectivity index (χ4v) is 3.70. The summed E-state index contributed by atoms with van der Waals surface area (Å²) in [6.45, 7) is 2.18. The third-order valence-electron chi connectivity index (χ3n) is 4.97. The monoisotopic (exact) mass is 374 g/mol. The molecular formula is C19H26N4O2S. The van der Waals surface area contributed by atoms with Crippen molar-refractivity contribution in [2.75, 3.05) is 7.11 Å². The summed E-state index contributed by atoms with van der Waals surface area (Å²) in [4.78, 5) is 12.7. The van der Waals surface area contributed by atoms with Crippen LogP contribution < -0.4 is 5.32 Å². The summed E-state index contributed by atoms with van der Waals surface area (Å²) in [5.41, 5.74) is 2.10. The van der Waals surface area contributed by atoms with Crippen LogP contribution in [0.15, 0.2) is 24.3 Å². The largest absolute Gasteiger partial charge is 0.379 e. The predicted octanol–water partition coefficient (Wildman–Crippen LogP) is 3.38. The summed E-state index contributed by atoms with van der Waals surface area (Å²) in [5.74, 6) is 0.610. The van der Waals surface area contributed by atoms with Crippen molar-refractivity contribution in [1.82, 2.24) is 20.1 Å². The molecule has 0 aliphatic heterocycles. The SMILES string of the molecule is CO[C@H]1CCCCC[C@@H]1NC(=O)Cn1c(-c2ccc(C)cc2)n[nH]c1=S. The van der Waals surface area contributed by atoms with E-state index >= 15 is 0 Å². The number of rotatable bonds is 5. The quantitative estimate of drug-likeness (QED) is 0.622. The molecule has 1 fully saturated rings. The molecule has 0 saturated heterocycles. The molecule has 0 radical (unpaired) electrons. The van der Waals surface area contributed by atoms with Crippen molar-refractivity contribution >= 4 is 18.1 Å². The number of hydrogen-bond acceptors (Lipinski definition) is 4. The molecule has 1 aliphatic rings. The Labute approximate surface area is 159 Å². The maximum atomic E-state index is 12.7. The second-order valence-electron chi connectivity index (χ2n) is 6.89. The van der Waals surface area contributed by atoms with Crippen LogP contribution in [0.2, 0.25) is 0 Å². The number of carbonyl (C=O) groups excluding carboxylic acids is 1. The maximum absolute atomic E-state index is 12.7. The summed E-state index contributed by atoms with van der Waals surface area (Å²) in [6.07, 6.45) is 5.47. The first kappa shape index (κ1) is 18.8. The minimum Gasteiger partial charge on any atom is -0.379 e. The first-order chi connectivity index (χ1) is 12.6. The van der Waals surface area contributed by atoms with Gasteiger partial charge in [-0.05, 0) is 32.0 Å². The van der Waals surface area contributed by atoms with Crippen LogP contribution in [0.4, 0.5) is 0 Å². The number of nitrogens with one attached hydrogen (secondary N) is 2. The van der Waals surface area contributed by atoms with Gasteiger partial charge in [0.05, 0.1) is 12.1 Å². The number of nitrogens with zero attached hydrogens (tertiary/aromatic N) is 2. The third kappa shape index (κ3) is 4.40. The van der Waals surface area contributed by atoms with Crippen molar-refractivity contribution in [2.45, 2.75) is 57.7 Å². The van der Waals surface area contributed by atoms with E-state index in [9.17, 15) is 4.79 Å². The van der Waals surface area contributed by atoms with Crippen molar-refractivity contribution in [1.29, 1.82) is 0 Å². The van der Waals surface area contributed by atoms with Crippen molar-refractivity contribution in [2.24, 2.45) is 0 Å². The zero-order valence-electron chi connectivity index (χ0n) is 15.3. The van der Waals surface area contributed by atoms with Crippen LogP contribution in [0.25, 0.3) is 11.4 Å². The van der Waals surface area contributed by atoms with Gasteiger partial charge in [-0.1, -0.05) is 49.1 Å². The lowest BCUT2D eigenvalue weighted by Gasteiger charge is -2.25. The van der Waals surface area contributed by atoms with Gasteiger partial charge in [0, 0.05) is 12.7 Å². The minimum absolute atomic E-state index is 0.0545. The van der Waals surface area contributed by atoms with Crippen LogP contribution >= 0.6 is 12.2 Å². The van der Waals surface area contributed by atoms with E-state index < -0.39 is 0 Å². The number of aromatic nitrogens is 3. The zero-order valence-corrected chi connectivity index (χ0v) is 16.1. The van der Waals surface area contributed by atoms with Gasteiger partial charge in [0.15, 0.2) is 10.6 Å². The predicted molar refractivity (Wildman–Crippen MR) is 103 cm³/mol. The minimum atomic E-state index is -0.0650. The first-order valence-electron chi connectivity index (χ1n) is 9.13. The Balaban J connectivity index is 1.74. The molecule has 3 rings (SSSR count). The van der Waals surface area contributed by atoms with E-state index in [2.05, 4.69) is 15.5 Å². The summed E-state index contributed by atoms with van der Waals surface area (Å²) in [5, 5.41) is 10.2. The number of amides is 1. The lowest BCUT2D eigenvalue weighted by atomic mass is 10.1. The molecule has 6 nitrogen and oxygen atoms in total. The summed E-state index contributed by atoms with van der Waals surface area (Å²) < 4.78 is 7.78. The number of carbonyl (C=O) groups is 1. The fourth-order valence-electron chi connectivity index (χ4n) is 3.50. The Kier molecular flexibility index (Phi) is 6.21. The number of ether oxygens (including phenoxy) is 1. The highest BCUT2D eigenvalue weighted by molar-refractivity contribution is 7.71. The van der Waals surface area contributed by atoms with E-state index in [0.29, 0.717) is 10.6 Å². The molecule has 1 aliphatic carbocycles. The second kappa shape index (κ2) is 8.60. The van der Waals surface area contributed by atoms with Crippen LogP contribution in [0, 0.1) is 11.7 Å². The molecule has 1 amide bonds. The number of aryl methyl sites for hydroxylation is 1. The van der Waals surface area contributed by atoms with E-state index in [4.69, 9.17) is 17.0 Å². The van der Waals surface area contributed by atoms with Gasteiger partial charge in [-0.25, -0.2) is 0 Å². The highest BCUT2D eigenvalue weighted by Gasteiger charge is 2.25. The number of methoxy groups -OCH3 is 1. The average molecular weight is 375 g/mol. The lowest BCUT2D eigenvalue weighted by molar-refractivity contribution is -0.123. The molecule has 0 bridgehead atoms. The molecule has 140 valence electrons. The number of benzene rings is 1. The number of H-pyrrole nitrogens is 1. The third-order valence-corrected chi connectivity index (χ3v) is 5.28. The summed E-state index contributed by atoms with van der Waals surface area (Å²) in [7, 11) is 1.72. The molecule has 1 aromatic carbocycles. The van der Waals surface area contributed by atoms with Gasteiger partial charge >= 0.3 is 0 Å². The van der Waals surface area contributed by atoms with Gasteiger partial charge in [0.25, 0.3) is 0 Å². The van der Waals surface area contributed by atoms with E-state index in [0.717, 1.165) is 31.2 Å². The average Bonchev–Trinajstić information content (AvgIpc) is 2.84. The van der Waals surface area contributed by atoms with E-state index in [1.54, 1.807) is 11.7 Å². The Morgan fingerprint density at radius 2 is 2.04 bits per heavy atom. The van der Waals surface area contributed by atoms with Crippen molar-refractivity contribution in [3.05, 3.63) is 34.6 Å². The Hall–Kier alpha value is -1.99. The summed E-state index contributed by atoms with van der Waals surface area (Å²) >= 11 is 5.33. The molecule has 0 unspecified atom stereocenters. The fraction of sp³-hybridized carbons (Fsp3) is 0.526. The van der Waals surface area contributed by atoms with Crippen LogP contribution in [0.1, 0.15) is 37.7 Å². The van der Waals surface area contributed by atoms with Crippen LogP contribution in [-0.4, -0.2) is 39.9 Å². The zero-order chi connectivity index (χ0) is 18.5. The highest BCUT2D eigenvalue weighted by atomic mass is 32.1. The molecule has 1 aromatic heterocycles. The van der Waals surface area contributed by atoms with Crippen LogP contribution in [-0.2, 0) is 16.1 Å². The van der Waals surface area contributed by atoms with E-state index in [1.165, 1.54) is 12.0 Å². The molecule has 0 spiro atoms. The Morgan fingerprint density at radius 3 is 2.77 bits per heavy atom. The highest BCUT2D eigenvalue weighted by Crippen LogP contribution is 2.21. The molecule has 1 saturated carbocycles. The molecule has 2 aromatic rings. The van der Waals surface area contributed by atoms with Gasteiger partial charge in [-0.3, -0.25) is 14.5 Å². The van der Waals surface area contributed by atoms with Gasteiger partial charge < -0.3 is 10.1 Å². The van der Waals surface area contributed by atoms with E-state index in [1.807, 2.05) is 31.2 Å². The standard InChI is InChI=1S/C19H26N4O2S/c1-13-8-10-14(11-9-13)18-21-22-19(26)23(18)12-17(24)20-15-6-4-3-5-7-16(15)25-2/h8-11,15-16H,3-7,12H2,1-2H3,(H,20,24)(H,22,26)/t15-,16-/m0/s1. The van der Waals surface area contributed by atoms with Gasteiger partial charge in [-0.2, -0.15) is 5.10 Å². The molecule has 1 heterocycles. The van der Waals surface area contributed by atoms with Gasteiger partial charge in [0.1, 0.15) is 6.54 Å². The number of hydrogen-bond donors (Lipinski definition) is 2.